The zero-order valence-corrected chi connectivity index (χ0v) is 16.2. The Morgan fingerprint density at radius 2 is 1.89 bits per heavy atom. The van der Waals surface area contributed by atoms with Gasteiger partial charge in [0.2, 0.25) is 5.91 Å². The molecule has 0 bridgehead atoms. The van der Waals surface area contributed by atoms with Crippen molar-refractivity contribution in [2.75, 3.05) is 19.6 Å². The number of nitrogens with zero attached hydrogens (tertiary/aromatic N) is 1. The van der Waals surface area contributed by atoms with Gasteiger partial charge >= 0.3 is 0 Å². The molecule has 1 amide bonds. The number of likely N-dealkylation sites (tertiary alicyclic amines) is 1. The topological polar surface area (TPSA) is 68.4 Å². The van der Waals surface area contributed by atoms with E-state index < -0.39 is 0 Å². The summed E-state index contributed by atoms with van der Waals surface area (Å²) in [5.74, 6) is 1.20. The highest BCUT2D eigenvalue weighted by atomic mass is 19.1. The van der Waals surface area contributed by atoms with Crippen LogP contribution in [0, 0.1) is 17.7 Å². The van der Waals surface area contributed by atoms with Gasteiger partial charge < -0.3 is 4.90 Å². The van der Waals surface area contributed by atoms with Gasteiger partial charge in [0.25, 0.3) is 0 Å². The first-order valence-corrected chi connectivity index (χ1v) is 10.7. The average Bonchev–Trinajstić information content (AvgIpc) is 3.45. The van der Waals surface area contributed by atoms with Crippen LogP contribution in [0.15, 0.2) is 24.3 Å². The van der Waals surface area contributed by atoms with Crippen molar-refractivity contribution in [1.29, 1.82) is 0 Å². The van der Waals surface area contributed by atoms with Crippen LogP contribution in [-0.2, 0) is 4.79 Å². The molecular formula is C21H30FN5O. The van der Waals surface area contributed by atoms with Crippen LogP contribution in [0.1, 0.15) is 43.6 Å². The quantitative estimate of drug-likeness (QED) is 0.629. The second kappa shape index (κ2) is 7.71. The number of fused-ring (bicyclic) bond motifs is 1. The second-order valence-corrected chi connectivity index (χ2v) is 8.86. The van der Waals surface area contributed by atoms with Gasteiger partial charge in [-0.1, -0.05) is 18.6 Å². The molecule has 152 valence electrons. The number of carbonyl (C=O) groups excluding carboxylic acids is 1. The molecule has 3 heterocycles. The fourth-order valence-electron chi connectivity index (χ4n) is 5.81. The van der Waals surface area contributed by atoms with Crippen molar-refractivity contribution in [2.45, 2.75) is 56.1 Å². The van der Waals surface area contributed by atoms with Gasteiger partial charge in [0.05, 0.1) is 0 Å². The van der Waals surface area contributed by atoms with Crippen molar-refractivity contribution < 1.29 is 9.18 Å². The molecule has 4 fully saturated rings. The predicted octanol–water partition coefficient (Wildman–Crippen LogP) is 1.27. The van der Waals surface area contributed by atoms with Gasteiger partial charge in [0.15, 0.2) is 0 Å². The first kappa shape index (κ1) is 18.5. The van der Waals surface area contributed by atoms with Crippen molar-refractivity contribution >= 4 is 5.91 Å². The number of hydrogen-bond acceptors (Lipinski definition) is 5. The van der Waals surface area contributed by atoms with Crippen molar-refractivity contribution in [1.82, 2.24) is 26.6 Å². The van der Waals surface area contributed by atoms with Gasteiger partial charge in [-0.2, -0.15) is 0 Å². The molecular weight excluding hydrogens is 357 g/mol. The lowest BCUT2D eigenvalue weighted by Gasteiger charge is -2.38. The van der Waals surface area contributed by atoms with E-state index in [2.05, 4.69) is 26.6 Å². The predicted molar refractivity (Wildman–Crippen MR) is 105 cm³/mol. The molecule has 1 aromatic carbocycles. The molecule has 7 heteroatoms. The first-order valence-electron chi connectivity index (χ1n) is 10.7. The van der Waals surface area contributed by atoms with Crippen molar-refractivity contribution in [3.63, 3.8) is 0 Å². The molecule has 4 aliphatic rings. The Hall–Kier alpha value is -1.54. The number of amides is 1. The Labute approximate surface area is 165 Å². The average molecular weight is 388 g/mol. The van der Waals surface area contributed by atoms with E-state index in [0.717, 1.165) is 44.5 Å². The SMILES string of the molecule is O=C(C1NNC2CCCC21)N1CCCC(C2NNCC2c2ccc(F)cc2)C1. The molecule has 0 aromatic heterocycles. The van der Waals surface area contributed by atoms with Crippen LogP contribution in [-0.4, -0.2) is 48.6 Å². The number of piperidine rings is 1. The number of carbonyl (C=O) groups is 1. The lowest BCUT2D eigenvalue weighted by atomic mass is 9.81. The number of benzene rings is 1. The van der Waals surface area contributed by atoms with Crippen LogP contribution in [0.3, 0.4) is 0 Å². The standard InChI is InChI=1S/C21H30FN5O/c22-15-8-6-13(7-9-15)17-11-23-25-19(17)14-3-2-10-27(12-14)21(28)20-16-4-1-5-18(16)24-26-20/h6-9,14,16-20,23-26H,1-5,10-12H2. The summed E-state index contributed by atoms with van der Waals surface area (Å²) in [5.41, 5.74) is 14.5. The molecule has 6 unspecified atom stereocenters. The lowest BCUT2D eigenvalue weighted by Crippen LogP contribution is -2.53. The van der Waals surface area contributed by atoms with E-state index in [1.165, 1.54) is 25.0 Å². The summed E-state index contributed by atoms with van der Waals surface area (Å²) in [6.45, 7) is 2.48. The maximum Gasteiger partial charge on any atom is 0.241 e. The molecule has 3 aliphatic heterocycles. The minimum absolute atomic E-state index is 0.0752. The summed E-state index contributed by atoms with van der Waals surface area (Å²) >= 11 is 0. The Morgan fingerprint density at radius 3 is 2.75 bits per heavy atom. The summed E-state index contributed by atoms with van der Waals surface area (Å²) in [5, 5.41) is 0. The molecule has 28 heavy (non-hydrogen) atoms. The fraction of sp³-hybridized carbons (Fsp3) is 0.667. The van der Waals surface area contributed by atoms with Crippen LogP contribution in [0.5, 0.6) is 0 Å². The Balaban J connectivity index is 1.27. The van der Waals surface area contributed by atoms with Crippen LogP contribution >= 0.6 is 0 Å². The molecule has 1 saturated carbocycles. The largest absolute Gasteiger partial charge is 0.341 e. The van der Waals surface area contributed by atoms with Gasteiger partial charge in [-0.05, 0) is 49.3 Å². The molecule has 4 N–H and O–H groups in total. The van der Waals surface area contributed by atoms with E-state index in [9.17, 15) is 9.18 Å². The van der Waals surface area contributed by atoms with Gasteiger partial charge in [-0.3, -0.25) is 21.1 Å². The molecule has 6 atom stereocenters. The highest BCUT2D eigenvalue weighted by Crippen LogP contribution is 2.35. The smallest absolute Gasteiger partial charge is 0.241 e. The Morgan fingerprint density at radius 1 is 1.04 bits per heavy atom. The lowest BCUT2D eigenvalue weighted by molar-refractivity contribution is -0.136. The van der Waals surface area contributed by atoms with Gasteiger partial charge in [-0.25, -0.2) is 9.82 Å². The normalized spacial score (nSPS) is 38.0. The number of rotatable bonds is 3. The van der Waals surface area contributed by atoms with E-state index in [-0.39, 0.29) is 23.8 Å². The van der Waals surface area contributed by atoms with Gasteiger partial charge in [0, 0.05) is 43.6 Å². The molecule has 1 aromatic rings. The molecule has 0 spiro atoms. The van der Waals surface area contributed by atoms with E-state index in [0.29, 0.717) is 23.8 Å². The number of hydrazine groups is 2. The zero-order chi connectivity index (χ0) is 19.1. The Kier molecular flexibility index (Phi) is 5.09. The minimum atomic E-state index is -0.198. The van der Waals surface area contributed by atoms with E-state index >= 15 is 0 Å². The first-order chi connectivity index (χ1) is 13.7. The summed E-state index contributed by atoms with van der Waals surface area (Å²) in [4.78, 5) is 15.3. The molecule has 5 rings (SSSR count). The van der Waals surface area contributed by atoms with E-state index in [4.69, 9.17) is 0 Å². The fourth-order valence-corrected chi connectivity index (χ4v) is 5.81. The van der Waals surface area contributed by atoms with Crippen molar-refractivity contribution in [3.05, 3.63) is 35.6 Å². The number of hydrogen-bond donors (Lipinski definition) is 4. The highest BCUT2D eigenvalue weighted by molar-refractivity contribution is 5.82. The van der Waals surface area contributed by atoms with Crippen molar-refractivity contribution in [2.24, 2.45) is 11.8 Å². The minimum Gasteiger partial charge on any atom is -0.341 e. The third-order valence-electron chi connectivity index (χ3n) is 7.29. The third kappa shape index (κ3) is 3.34. The van der Waals surface area contributed by atoms with E-state index in [1.807, 2.05) is 12.1 Å². The molecule has 0 radical (unpaired) electrons. The second-order valence-electron chi connectivity index (χ2n) is 8.86. The summed E-state index contributed by atoms with van der Waals surface area (Å²) < 4.78 is 13.3. The monoisotopic (exact) mass is 387 g/mol. The number of nitrogens with one attached hydrogen (secondary N) is 4. The molecule has 1 aliphatic carbocycles. The summed E-state index contributed by atoms with van der Waals surface area (Å²) in [6, 6.07) is 7.50. The van der Waals surface area contributed by atoms with Gasteiger partial charge in [0.1, 0.15) is 11.9 Å². The Bertz CT molecular complexity index is 713. The van der Waals surface area contributed by atoms with E-state index in [1.54, 1.807) is 0 Å². The van der Waals surface area contributed by atoms with Crippen LogP contribution in [0.4, 0.5) is 4.39 Å². The number of halogens is 1. The third-order valence-corrected chi connectivity index (χ3v) is 7.29. The maximum absolute atomic E-state index is 13.3. The molecule has 3 saturated heterocycles. The highest BCUT2D eigenvalue weighted by Gasteiger charge is 2.45. The van der Waals surface area contributed by atoms with Crippen molar-refractivity contribution in [3.8, 4) is 0 Å². The summed E-state index contributed by atoms with van der Waals surface area (Å²) in [7, 11) is 0. The maximum atomic E-state index is 13.3. The zero-order valence-electron chi connectivity index (χ0n) is 16.2. The van der Waals surface area contributed by atoms with Crippen LogP contribution in [0.2, 0.25) is 0 Å². The van der Waals surface area contributed by atoms with Gasteiger partial charge in [-0.15, -0.1) is 0 Å². The van der Waals surface area contributed by atoms with Crippen LogP contribution in [0.25, 0.3) is 0 Å². The van der Waals surface area contributed by atoms with Crippen LogP contribution < -0.4 is 21.7 Å². The molecule has 6 nitrogen and oxygen atoms in total. The summed E-state index contributed by atoms with van der Waals surface area (Å²) in [6.07, 6.45) is 5.68.